The zero-order chi connectivity index (χ0) is 9.45. The fourth-order valence-electron chi connectivity index (χ4n) is 0.780. The van der Waals surface area contributed by atoms with Crippen LogP contribution in [0.1, 0.15) is 25.7 Å². The molecule has 0 fully saturated rings. The van der Waals surface area contributed by atoms with Crippen LogP contribution >= 0.6 is 6.72 Å². The van der Waals surface area contributed by atoms with Crippen molar-refractivity contribution in [3.05, 3.63) is 0 Å². The minimum absolute atomic E-state index is 0.266. The van der Waals surface area contributed by atoms with Gasteiger partial charge in [-0.25, -0.2) is 0 Å². The van der Waals surface area contributed by atoms with Crippen molar-refractivity contribution in [1.29, 1.82) is 0 Å². The lowest BCUT2D eigenvalue weighted by Crippen LogP contribution is -2.04. The lowest BCUT2D eigenvalue weighted by atomic mass is 10.2. The van der Waals surface area contributed by atoms with E-state index in [0.29, 0.717) is 6.54 Å². The molecule has 0 aromatic rings. The van der Waals surface area contributed by atoms with Crippen molar-refractivity contribution in [3.63, 3.8) is 0 Å². The first-order chi connectivity index (χ1) is 5.56. The van der Waals surface area contributed by atoms with Crippen molar-refractivity contribution in [3.8, 4) is 0 Å². The molecule has 0 rings (SSSR count). The molecule has 6 heteroatoms. The molecule has 0 saturated carbocycles. The fraction of sp³-hybridized carbons (Fsp3) is 1.00. The van der Waals surface area contributed by atoms with Crippen LogP contribution in [0.3, 0.4) is 0 Å². The maximum absolute atomic E-state index is 10.4. The molecule has 0 aliphatic carbocycles. The SMILES string of the molecule is NCCCCCCOP([O-])(O)=S. The molecule has 4 nitrogen and oxygen atoms in total. The normalized spacial score (nSPS) is 15.9. The van der Waals surface area contributed by atoms with Gasteiger partial charge in [-0.15, -0.1) is 0 Å². The van der Waals surface area contributed by atoms with Gasteiger partial charge >= 0.3 is 0 Å². The van der Waals surface area contributed by atoms with Crippen molar-refractivity contribution >= 4 is 18.5 Å². The van der Waals surface area contributed by atoms with Crippen LogP contribution in [0.15, 0.2) is 0 Å². The summed E-state index contributed by atoms with van der Waals surface area (Å²) in [6.07, 6.45) is 3.76. The molecule has 0 saturated heterocycles. The van der Waals surface area contributed by atoms with Crippen LogP contribution in [0, 0.1) is 0 Å². The predicted octanol–water partition coefficient (Wildman–Crippen LogP) is 0.0992. The van der Waals surface area contributed by atoms with Gasteiger partial charge in [-0.05, 0) is 19.4 Å². The lowest BCUT2D eigenvalue weighted by molar-refractivity contribution is -0.201. The zero-order valence-electron chi connectivity index (χ0n) is 6.94. The van der Waals surface area contributed by atoms with Crippen LogP contribution in [0.4, 0.5) is 0 Å². The van der Waals surface area contributed by atoms with E-state index in [0.717, 1.165) is 25.7 Å². The smallest absolute Gasteiger partial charge is 0.112 e. The van der Waals surface area contributed by atoms with E-state index in [1.807, 2.05) is 0 Å². The molecule has 0 aliphatic rings. The average Bonchev–Trinajstić information content (AvgIpc) is 1.94. The fourth-order valence-corrected chi connectivity index (χ4v) is 1.36. The maximum Gasteiger partial charge on any atom is 0.112 e. The average molecular weight is 212 g/mol. The highest BCUT2D eigenvalue weighted by molar-refractivity contribution is 8.06. The van der Waals surface area contributed by atoms with E-state index in [1.165, 1.54) is 0 Å². The van der Waals surface area contributed by atoms with Gasteiger partial charge in [0.15, 0.2) is 0 Å². The summed E-state index contributed by atoms with van der Waals surface area (Å²) in [5.74, 6) is 0. The Kier molecular flexibility index (Phi) is 7.23. The van der Waals surface area contributed by atoms with Crippen LogP contribution in [0.25, 0.3) is 0 Å². The van der Waals surface area contributed by atoms with E-state index in [9.17, 15) is 4.89 Å². The number of hydrogen-bond acceptors (Lipinski definition) is 4. The molecule has 0 aromatic carbocycles. The first kappa shape index (κ1) is 12.5. The molecule has 0 amide bonds. The first-order valence-electron chi connectivity index (χ1n) is 3.94. The summed E-state index contributed by atoms with van der Waals surface area (Å²) in [5, 5.41) is 0. The molecule has 1 unspecified atom stereocenters. The summed E-state index contributed by atoms with van der Waals surface area (Å²) in [5.41, 5.74) is 5.28. The van der Waals surface area contributed by atoms with Gasteiger partial charge in [-0.2, -0.15) is 0 Å². The second-order valence-corrected chi connectivity index (χ2v) is 5.08. The highest BCUT2D eigenvalue weighted by Gasteiger charge is 1.95. The van der Waals surface area contributed by atoms with Crippen molar-refractivity contribution in [1.82, 2.24) is 0 Å². The molecule has 0 heterocycles. The standard InChI is InChI=1S/C6H16NO3PS/c7-5-3-1-2-4-6-10-11(8,9)12/h1-7H2,(H2,8,9,12)/p-1. The molecule has 74 valence electrons. The first-order valence-corrected chi connectivity index (χ1v) is 6.54. The van der Waals surface area contributed by atoms with Gasteiger partial charge < -0.3 is 20.0 Å². The molecule has 0 aromatic heterocycles. The lowest BCUT2D eigenvalue weighted by Gasteiger charge is -2.19. The topological polar surface area (TPSA) is 78.5 Å². The number of hydrogen-bond donors (Lipinski definition) is 2. The van der Waals surface area contributed by atoms with Gasteiger partial charge in [0.05, 0.1) is 6.61 Å². The Balaban J connectivity index is 3.06. The van der Waals surface area contributed by atoms with E-state index in [-0.39, 0.29) is 6.61 Å². The summed E-state index contributed by atoms with van der Waals surface area (Å²) in [7, 11) is 0. The summed E-state index contributed by atoms with van der Waals surface area (Å²) >= 11 is 4.15. The van der Waals surface area contributed by atoms with Gasteiger partial charge in [0.1, 0.15) is 6.72 Å². The highest BCUT2D eigenvalue weighted by atomic mass is 32.5. The van der Waals surface area contributed by atoms with Crippen molar-refractivity contribution in [2.24, 2.45) is 5.73 Å². The Morgan fingerprint density at radius 1 is 1.33 bits per heavy atom. The Morgan fingerprint density at radius 2 is 1.92 bits per heavy atom. The van der Waals surface area contributed by atoms with E-state index >= 15 is 0 Å². The van der Waals surface area contributed by atoms with Crippen molar-refractivity contribution in [2.75, 3.05) is 13.2 Å². The Morgan fingerprint density at radius 3 is 2.42 bits per heavy atom. The molecular weight excluding hydrogens is 197 g/mol. The third kappa shape index (κ3) is 10.5. The summed E-state index contributed by atoms with van der Waals surface area (Å²) in [6.45, 7) is -2.70. The Hall–Kier alpha value is 0.490. The largest absolute Gasteiger partial charge is 0.780 e. The summed E-state index contributed by atoms with van der Waals surface area (Å²) in [4.78, 5) is 19.0. The van der Waals surface area contributed by atoms with Gasteiger partial charge in [0.2, 0.25) is 0 Å². The molecular formula is C6H15NO3PS-. The van der Waals surface area contributed by atoms with Gasteiger partial charge in [0.25, 0.3) is 0 Å². The van der Waals surface area contributed by atoms with E-state index in [2.05, 4.69) is 16.3 Å². The van der Waals surface area contributed by atoms with Crippen molar-refractivity contribution < 1.29 is 14.3 Å². The van der Waals surface area contributed by atoms with Crippen molar-refractivity contribution in [2.45, 2.75) is 25.7 Å². The van der Waals surface area contributed by atoms with Gasteiger partial charge in [-0.1, -0.05) is 24.6 Å². The van der Waals surface area contributed by atoms with Gasteiger partial charge in [0, 0.05) is 0 Å². The Labute approximate surface area is 78.0 Å². The second-order valence-electron chi connectivity index (χ2n) is 2.50. The molecule has 3 N–H and O–H groups in total. The third-order valence-corrected chi connectivity index (χ3v) is 2.18. The summed E-state index contributed by atoms with van der Waals surface area (Å²) in [6, 6.07) is 0. The predicted molar refractivity (Wildman–Crippen MR) is 50.0 cm³/mol. The molecule has 0 spiro atoms. The molecule has 0 aliphatic heterocycles. The van der Waals surface area contributed by atoms with E-state index in [1.54, 1.807) is 0 Å². The molecule has 1 atom stereocenters. The third-order valence-electron chi connectivity index (χ3n) is 1.35. The molecule has 12 heavy (non-hydrogen) atoms. The maximum atomic E-state index is 10.4. The van der Waals surface area contributed by atoms with E-state index < -0.39 is 6.72 Å². The molecule has 0 bridgehead atoms. The summed E-state index contributed by atoms with van der Waals surface area (Å²) < 4.78 is 4.50. The number of unbranched alkanes of at least 4 members (excludes halogenated alkanes) is 3. The highest BCUT2D eigenvalue weighted by Crippen LogP contribution is 2.30. The Bertz CT molecular complexity index is 150. The number of nitrogens with two attached hydrogens (primary N) is 1. The zero-order valence-corrected chi connectivity index (χ0v) is 8.65. The van der Waals surface area contributed by atoms with Crippen LogP contribution < -0.4 is 10.6 Å². The van der Waals surface area contributed by atoms with Crippen LogP contribution in [-0.4, -0.2) is 18.0 Å². The number of rotatable bonds is 7. The minimum atomic E-state index is -3.66. The van der Waals surface area contributed by atoms with Crippen LogP contribution in [0.2, 0.25) is 0 Å². The monoisotopic (exact) mass is 212 g/mol. The van der Waals surface area contributed by atoms with Crippen LogP contribution in [0.5, 0.6) is 0 Å². The van der Waals surface area contributed by atoms with E-state index in [4.69, 9.17) is 10.6 Å². The molecule has 0 radical (unpaired) electrons. The van der Waals surface area contributed by atoms with Gasteiger partial charge in [-0.3, -0.25) is 0 Å². The second kappa shape index (κ2) is 6.95. The van der Waals surface area contributed by atoms with Crippen LogP contribution in [-0.2, 0) is 16.3 Å². The minimum Gasteiger partial charge on any atom is -0.780 e. The quantitative estimate of drug-likeness (QED) is 0.462.